The molecule has 1 unspecified atom stereocenters. The molecule has 0 radical (unpaired) electrons. The third-order valence-corrected chi connectivity index (χ3v) is 2.77. The maximum atomic E-state index is 9.08. The Morgan fingerprint density at radius 1 is 1.53 bits per heavy atom. The van der Waals surface area contributed by atoms with Crippen LogP contribution in [0, 0.1) is 25.2 Å². The molecule has 0 aliphatic heterocycles. The van der Waals surface area contributed by atoms with Gasteiger partial charge in [-0.1, -0.05) is 6.92 Å². The first kappa shape index (κ1) is 13.5. The molecule has 1 atom stereocenters. The highest BCUT2D eigenvalue weighted by atomic mass is 16.5. The average Bonchev–Trinajstić information content (AvgIpc) is 2.26. The summed E-state index contributed by atoms with van der Waals surface area (Å²) in [5, 5.41) is 9.08. The number of rotatable bonds is 4. The van der Waals surface area contributed by atoms with Gasteiger partial charge in [0, 0.05) is 17.3 Å². The largest absolute Gasteiger partial charge is 0.490 e. The molecule has 0 bridgehead atoms. The van der Waals surface area contributed by atoms with Crippen molar-refractivity contribution in [3.8, 4) is 11.8 Å². The van der Waals surface area contributed by atoms with Crippen molar-refractivity contribution in [1.29, 1.82) is 5.26 Å². The SMILES string of the molecule is CCC(C)(N)COc1cc(C)nc(C)c1C#N. The fourth-order valence-corrected chi connectivity index (χ4v) is 1.39. The van der Waals surface area contributed by atoms with Crippen LogP contribution in [0.3, 0.4) is 0 Å². The first-order chi connectivity index (χ1) is 7.89. The predicted octanol–water partition coefficient (Wildman–Crippen LogP) is 2.08. The normalized spacial score (nSPS) is 13.9. The molecular weight excluding hydrogens is 214 g/mol. The lowest BCUT2D eigenvalue weighted by Gasteiger charge is -2.23. The molecule has 1 rings (SSSR count). The van der Waals surface area contributed by atoms with Crippen LogP contribution in [-0.2, 0) is 0 Å². The van der Waals surface area contributed by atoms with Crippen LogP contribution < -0.4 is 10.5 Å². The summed E-state index contributed by atoms with van der Waals surface area (Å²) >= 11 is 0. The number of nitrogens with two attached hydrogens (primary N) is 1. The maximum absolute atomic E-state index is 9.08. The molecule has 1 aromatic rings. The summed E-state index contributed by atoms with van der Waals surface area (Å²) in [4.78, 5) is 4.24. The van der Waals surface area contributed by atoms with Crippen LogP contribution in [0.1, 0.15) is 37.2 Å². The zero-order chi connectivity index (χ0) is 13.1. The summed E-state index contributed by atoms with van der Waals surface area (Å²) in [6.07, 6.45) is 0.817. The third-order valence-electron chi connectivity index (χ3n) is 2.77. The molecule has 2 N–H and O–H groups in total. The Labute approximate surface area is 102 Å². The topological polar surface area (TPSA) is 71.9 Å². The fourth-order valence-electron chi connectivity index (χ4n) is 1.39. The van der Waals surface area contributed by atoms with E-state index in [1.807, 2.05) is 20.8 Å². The zero-order valence-corrected chi connectivity index (χ0v) is 10.9. The van der Waals surface area contributed by atoms with Crippen molar-refractivity contribution >= 4 is 0 Å². The number of aromatic nitrogens is 1. The van der Waals surface area contributed by atoms with Crippen molar-refractivity contribution in [1.82, 2.24) is 4.98 Å². The highest BCUT2D eigenvalue weighted by Crippen LogP contribution is 2.22. The minimum absolute atomic E-state index is 0.377. The van der Waals surface area contributed by atoms with E-state index in [1.165, 1.54) is 0 Å². The summed E-state index contributed by atoms with van der Waals surface area (Å²) in [5.41, 5.74) is 7.65. The van der Waals surface area contributed by atoms with Gasteiger partial charge < -0.3 is 10.5 Å². The van der Waals surface area contributed by atoms with E-state index in [9.17, 15) is 0 Å². The van der Waals surface area contributed by atoms with Crippen LogP contribution in [0.15, 0.2) is 6.07 Å². The molecule has 0 aliphatic carbocycles. The molecule has 92 valence electrons. The van der Waals surface area contributed by atoms with Crippen LogP contribution >= 0.6 is 0 Å². The van der Waals surface area contributed by atoms with E-state index in [1.54, 1.807) is 13.0 Å². The van der Waals surface area contributed by atoms with Gasteiger partial charge in [0.05, 0.1) is 5.69 Å². The number of aryl methyl sites for hydroxylation is 2. The first-order valence-electron chi connectivity index (χ1n) is 5.69. The van der Waals surface area contributed by atoms with Crippen LogP contribution in [0.2, 0.25) is 0 Å². The molecule has 1 heterocycles. The second kappa shape index (κ2) is 5.15. The van der Waals surface area contributed by atoms with Gasteiger partial charge in [-0.15, -0.1) is 0 Å². The molecule has 4 nitrogen and oxygen atoms in total. The number of nitriles is 1. The zero-order valence-electron chi connectivity index (χ0n) is 10.9. The van der Waals surface area contributed by atoms with Crippen molar-refractivity contribution < 1.29 is 4.74 Å². The van der Waals surface area contributed by atoms with Gasteiger partial charge in [0.1, 0.15) is 24.0 Å². The van der Waals surface area contributed by atoms with Crippen LogP contribution in [0.25, 0.3) is 0 Å². The fraction of sp³-hybridized carbons (Fsp3) is 0.538. The van der Waals surface area contributed by atoms with E-state index < -0.39 is 0 Å². The smallest absolute Gasteiger partial charge is 0.140 e. The second-order valence-electron chi connectivity index (χ2n) is 4.63. The maximum Gasteiger partial charge on any atom is 0.140 e. The molecule has 0 spiro atoms. The van der Waals surface area contributed by atoms with Crippen molar-refractivity contribution in [2.24, 2.45) is 5.73 Å². The number of pyridine rings is 1. The third kappa shape index (κ3) is 3.43. The molecular formula is C13H19N3O. The van der Waals surface area contributed by atoms with E-state index in [0.717, 1.165) is 12.1 Å². The van der Waals surface area contributed by atoms with Crippen molar-refractivity contribution in [2.45, 2.75) is 39.7 Å². The highest BCUT2D eigenvalue weighted by Gasteiger charge is 2.18. The molecule has 17 heavy (non-hydrogen) atoms. The van der Waals surface area contributed by atoms with Gasteiger partial charge in [-0.3, -0.25) is 4.98 Å². The molecule has 4 heteroatoms. The molecule has 0 saturated carbocycles. The Morgan fingerprint density at radius 3 is 2.71 bits per heavy atom. The molecule has 0 amide bonds. The average molecular weight is 233 g/mol. The number of hydrogen-bond acceptors (Lipinski definition) is 4. The van der Waals surface area contributed by atoms with Crippen LogP contribution in [-0.4, -0.2) is 17.1 Å². The van der Waals surface area contributed by atoms with Gasteiger partial charge in [0.15, 0.2) is 0 Å². The Kier molecular flexibility index (Phi) is 4.08. The quantitative estimate of drug-likeness (QED) is 0.864. The van der Waals surface area contributed by atoms with Crippen LogP contribution in [0.4, 0.5) is 0 Å². The van der Waals surface area contributed by atoms with Gasteiger partial charge in [-0.2, -0.15) is 5.26 Å². The van der Waals surface area contributed by atoms with E-state index in [0.29, 0.717) is 23.6 Å². The molecule has 0 saturated heterocycles. The summed E-state index contributed by atoms with van der Waals surface area (Å²) in [7, 11) is 0. The van der Waals surface area contributed by atoms with Gasteiger partial charge in [-0.05, 0) is 27.2 Å². The van der Waals surface area contributed by atoms with Crippen molar-refractivity contribution in [3.63, 3.8) is 0 Å². The summed E-state index contributed by atoms with van der Waals surface area (Å²) in [6, 6.07) is 3.89. The van der Waals surface area contributed by atoms with E-state index in [2.05, 4.69) is 11.1 Å². The minimum Gasteiger partial charge on any atom is -0.490 e. The lowest BCUT2D eigenvalue weighted by atomic mass is 10.0. The van der Waals surface area contributed by atoms with Crippen molar-refractivity contribution in [3.05, 3.63) is 23.0 Å². The highest BCUT2D eigenvalue weighted by molar-refractivity contribution is 5.46. The van der Waals surface area contributed by atoms with E-state index in [-0.39, 0.29) is 5.54 Å². The summed E-state index contributed by atoms with van der Waals surface area (Å²) in [5.74, 6) is 0.572. The van der Waals surface area contributed by atoms with E-state index in [4.69, 9.17) is 15.7 Å². The van der Waals surface area contributed by atoms with Crippen molar-refractivity contribution in [2.75, 3.05) is 6.61 Å². The van der Waals surface area contributed by atoms with Gasteiger partial charge >= 0.3 is 0 Å². The number of nitrogens with zero attached hydrogens (tertiary/aromatic N) is 2. The molecule has 0 aliphatic rings. The standard InChI is InChI=1S/C13H19N3O/c1-5-13(4,15)8-17-12-6-9(2)16-10(3)11(12)7-14/h6H,5,8,15H2,1-4H3. The number of ether oxygens (including phenoxy) is 1. The molecule has 1 aromatic heterocycles. The van der Waals surface area contributed by atoms with E-state index >= 15 is 0 Å². The first-order valence-corrected chi connectivity index (χ1v) is 5.69. The Morgan fingerprint density at radius 2 is 2.18 bits per heavy atom. The van der Waals surface area contributed by atoms with Gasteiger partial charge in [0.25, 0.3) is 0 Å². The Balaban J connectivity index is 2.95. The summed E-state index contributed by atoms with van der Waals surface area (Å²) in [6.45, 7) is 8.01. The summed E-state index contributed by atoms with van der Waals surface area (Å²) < 4.78 is 5.66. The lowest BCUT2D eigenvalue weighted by molar-refractivity contribution is 0.225. The Bertz CT molecular complexity index is 447. The van der Waals surface area contributed by atoms with Gasteiger partial charge in [0.2, 0.25) is 0 Å². The molecule has 0 fully saturated rings. The predicted molar refractivity (Wildman–Crippen MR) is 66.8 cm³/mol. The Hall–Kier alpha value is -1.60. The van der Waals surface area contributed by atoms with Gasteiger partial charge in [-0.25, -0.2) is 0 Å². The number of hydrogen-bond donors (Lipinski definition) is 1. The lowest BCUT2D eigenvalue weighted by Crippen LogP contribution is -2.41. The minimum atomic E-state index is -0.377. The second-order valence-corrected chi connectivity index (χ2v) is 4.63. The molecule has 0 aromatic carbocycles. The monoisotopic (exact) mass is 233 g/mol. The van der Waals surface area contributed by atoms with Crippen LogP contribution in [0.5, 0.6) is 5.75 Å².